The monoisotopic (exact) mass is 305 g/mol. The number of hydrogen-bond donors (Lipinski definition) is 2. The fraction of sp³-hybridized carbons (Fsp3) is 0.278. The minimum Gasteiger partial charge on any atom is -0.342 e. The Balaban J connectivity index is 1.78. The van der Waals surface area contributed by atoms with E-state index in [9.17, 15) is 0 Å². The molecule has 0 fully saturated rings. The molecule has 5 heteroatoms. The highest BCUT2D eigenvalue weighted by atomic mass is 15.0. The summed E-state index contributed by atoms with van der Waals surface area (Å²) in [4.78, 5) is 20.5. The summed E-state index contributed by atoms with van der Waals surface area (Å²) in [6.45, 7) is 6.42. The van der Waals surface area contributed by atoms with Crippen LogP contribution in [0.2, 0.25) is 0 Å². The Kier molecular flexibility index (Phi) is 3.15. The van der Waals surface area contributed by atoms with Gasteiger partial charge in [-0.15, -0.1) is 0 Å². The van der Waals surface area contributed by atoms with Crippen molar-refractivity contribution >= 4 is 22.1 Å². The maximum atomic E-state index is 4.67. The molecule has 0 aliphatic rings. The Morgan fingerprint density at radius 3 is 2.48 bits per heavy atom. The van der Waals surface area contributed by atoms with Crippen LogP contribution in [0.25, 0.3) is 33.6 Å². The number of aryl methyl sites for hydroxylation is 1. The van der Waals surface area contributed by atoms with Crippen molar-refractivity contribution < 1.29 is 0 Å². The number of pyridine rings is 1. The lowest BCUT2D eigenvalue weighted by Crippen LogP contribution is -1.91. The van der Waals surface area contributed by atoms with E-state index in [1.165, 1.54) is 5.56 Å². The van der Waals surface area contributed by atoms with Gasteiger partial charge < -0.3 is 9.97 Å². The molecule has 0 saturated carbocycles. The van der Waals surface area contributed by atoms with Crippen molar-refractivity contribution in [1.29, 1.82) is 0 Å². The predicted octanol–water partition coefficient (Wildman–Crippen LogP) is 4.19. The van der Waals surface area contributed by atoms with E-state index in [2.05, 4.69) is 57.8 Å². The van der Waals surface area contributed by atoms with E-state index in [0.717, 1.165) is 45.8 Å². The number of rotatable bonds is 3. The molecule has 23 heavy (non-hydrogen) atoms. The summed E-state index contributed by atoms with van der Waals surface area (Å²) in [5.41, 5.74) is 5.99. The number of nitrogens with zero attached hydrogens (tertiary/aromatic N) is 3. The second kappa shape index (κ2) is 5.19. The summed E-state index contributed by atoms with van der Waals surface area (Å²) in [7, 11) is 0. The lowest BCUT2D eigenvalue weighted by Gasteiger charge is -2.04. The van der Waals surface area contributed by atoms with Crippen LogP contribution in [0.5, 0.6) is 0 Å². The van der Waals surface area contributed by atoms with Crippen molar-refractivity contribution in [3.63, 3.8) is 0 Å². The highest BCUT2D eigenvalue weighted by Crippen LogP contribution is 2.24. The average Bonchev–Trinajstić information content (AvgIpc) is 3.14. The SMILES string of the molecule is CCc1nc2cc3nc(-c4ccc(C(C)C)cn4)[nH]c3cc2[nH]1. The first kappa shape index (κ1) is 13.9. The number of nitrogens with one attached hydrogen (secondary N) is 2. The number of imidazole rings is 2. The number of aromatic nitrogens is 5. The molecular weight excluding hydrogens is 286 g/mol. The van der Waals surface area contributed by atoms with Crippen LogP contribution in [0.15, 0.2) is 30.5 Å². The molecule has 2 N–H and O–H groups in total. The number of H-pyrrole nitrogens is 2. The fourth-order valence-corrected chi connectivity index (χ4v) is 2.74. The van der Waals surface area contributed by atoms with Gasteiger partial charge in [-0.25, -0.2) is 9.97 Å². The van der Waals surface area contributed by atoms with Crippen molar-refractivity contribution in [3.8, 4) is 11.5 Å². The first-order valence-electron chi connectivity index (χ1n) is 7.98. The topological polar surface area (TPSA) is 70.2 Å². The average molecular weight is 305 g/mol. The van der Waals surface area contributed by atoms with Crippen LogP contribution in [-0.2, 0) is 6.42 Å². The van der Waals surface area contributed by atoms with E-state index in [-0.39, 0.29) is 0 Å². The molecule has 4 rings (SSSR count). The van der Waals surface area contributed by atoms with E-state index >= 15 is 0 Å². The van der Waals surface area contributed by atoms with Crippen molar-refractivity contribution in [2.45, 2.75) is 33.1 Å². The van der Waals surface area contributed by atoms with Crippen LogP contribution in [-0.4, -0.2) is 24.9 Å². The Bertz CT molecular complexity index is 925. The zero-order valence-electron chi connectivity index (χ0n) is 13.5. The Hall–Kier alpha value is -2.69. The highest BCUT2D eigenvalue weighted by molar-refractivity contribution is 5.92. The Morgan fingerprint density at radius 2 is 1.78 bits per heavy atom. The second-order valence-corrected chi connectivity index (χ2v) is 6.14. The number of benzene rings is 1. The van der Waals surface area contributed by atoms with Gasteiger partial charge in [0.15, 0.2) is 5.82 Å². The molecular formula is C18H19N5. The molecule has 0 amide bonds. The highest BCUT2D eigenvalue weighted by Gasteiger charge is 2.10. The summed E-state index contributed by atoms with van der Waals surface area (Å²) in [5, 5.41) is 0. The lowest BCUT2D eigenvalue weighted by atomic mass is 10.1. The fourth-order valence-electron chi connectivity index (χ4n) is 2.74. The van der Waals surface area contributed by atoms with Crippen LogP contribution in [0.4, 0.5) is 0 Å². The van der Waals surface area contributed by atoms with E-state index in [1.807, 2.05) is 18.3 Å². The molecule has 0 atom stereocenters. The standard InChI is InChI=1S/C18H19N5/c1-4-17-20-13-7-15-16(8-14(13)21-17)23-18(22-15)12-6-5-11(9-19-12)10(2)3/h5-10H,4H2,1-3H3,(H,20,21)(H,22,23). The van der Waals surface area contributed by atoms with Crippen LogP contribution >= 0.6 is 0 Å². The third-order valence-corrected chi connectivity index (χ3v) is 4.16. The normalized spacial score (nSPS) is 11.8. The van der Waals surface area contributed by atoms with Gasteiger partial charge in [-0.1, -0.05) is 26.8 Å². The summed E-state index contributed by atoms with van der Waals surface area (Å²) in [6.07, 6.45) is 2.82. The molecule has 0 bridgehead atoms. The third kappa shape index (κ3) is 2.38. The van der Waals surface area contributed by atoms with Crippen molar-refractivity contribution in [2.75, 3.05) is 0 Å². The van der Waals surface area contributed by atoms with E-state index < -0.39 is 0 Å². The third-order valence-electron chi connectivity index (χ3n) is 4.16. The molecule has 0 aliphatic heterocycles. The van der Waals surface area contributed by atoms with Crippen molar-refractivity contribution in [2.24, 2.45) is 0 Å². The van der Waals surface area contributed by atoms with Gasteiger partial charge in [0, 0.05) is 12.6 Å². The first-order chi connectivity index (χ1) is 11.1. The largest absolute Gasteiger partial charge is 0.342 e. The Labute approximate surface area is 134 Å². The van der Waals surface area contributed by atoms with Gasteiger partial charge in [0.25, 0.3) is 0 Å². The van der Waals surface area contributed by atoms with Gasteiger partial charge in [-0.05, 0) is 29.7 Å². The van der Waals surface area contributed by atoms with Crippen molar-refractivity contribution in [1.82, 2.24) is 24.9 Å². The predicted molar refractivity (Wildman–Crippen MR) is 92.4 cm³/mol. The quantitative estimate of drug-likeness (QED) is 0.596. The van der Waals surface area contributed by atoms with Gasteiger partial charge in [0.1, 0.15) is 11.5 Å². The molecule has 0 aliphatic carbocycles. The van der Waals surface area contributed by atoms with Gasteiger partial charge in [0.05, 0.1) is 22.1 Å². The van der Waals surface area contributed by atoms with E-state index in [0.29, 0.717) is 5.92 Å². The summed E-state index contributed by atoms with van der Waals surface area (Å²) >= 11 is 0. The molecule has 3 heterocycles. The maximum absolute atomic E-state index is 4.67. The molecule has 0 saturated heterocycles. The summed E-state index contributed by atoms with van der Waals surface area (Å²) < 4.78 is 0. The Morgan fingerprint density at radius 1 is 1.00 bits per heavy atom. The summed E-state index contributed by atoms with van der Waals surface area (Å²) in [5.74, 6) is 2.27. The van der Waals surface area contributed by atoms with E-state index in [1.54, 1.807) is 0 Å². The second-order valence-electron chi connectivity index (χ2n) is 6.14. The summed E-state index contributed by atoms with van der Waals surface area (Å²) in [6, 6.07) is 8.21. The number of hydrogen-bond acceptors (Lipinski definition) is 3. The minimum absolute atomic E-state index is 0.479. The molecule has 5 nitrogen and oxygen atoms in total. The molecule has 116 valence electrons. The molecule has 0 radical (unpaired) electrons. The van der Waals surface area contributed by atoms with Gasteiger partial charge in [-0.2, -0.15) is 0 Å². The molecule has 1 aromatic carbocycles. The van der Waals surface area contributed by atoms with Gasteiger partial charge in [0.2, 0.25) is 0 Å². The molecule has 4 aromatic rings. The maximum Gasteiger partial charge on any atom is 0.157 e. The zero-order chi connectivity index (χ0) is 16.0. The molecule has 3 aromatic heterocycles. The zero-order valence-corrected chi connectivity index (χ0v) is 13.5. The number of aromatic amines is 2. The van der Waals surface area contributed by atoms with Crippen LogP contribution < -0.4 is 0 Å². The minimum atomic E-state index is 0.479. The number of fused-ring (bicyclic) bond motifs is 2. The van der Waals surface area contributed by atoms with Crippen LogP contribution in [0.1, 0.15) is 38.1 Å². The van der Waals surface area contributed by atoms with Gasteiger partial charge in [-0.3, -0.25) is 4.98 Å². The van der Waals surface area contributed by atoms with Crippen molar-refractivity contribution in [3.05, 3.63) is 41.9 Å². The first-order valence-corrected chi connectivity index (χ1v) is 7.98. The molecule has 0 unspecified atom stereocenters. The van der Waals surface area contributed by atoms with E-state index in [4.69, 9.17) is 0 Å². The van der Waals surface area contributed by atoms with Crippen LogP contribution in [0, 0.1) is 0 Å². The lowest BCUT2D eigenvalue weighted by molar-refractivity contribution is 0.858. The molecule has 0 spiro atoms. The van der Waals surface area contributed by atoms with Crippen LogP contribution in [0.3, 0.4) is 0 Å². The smallest absolute Gasteiger partial charge is 0.157 e. The van der Waals surface area contributed by atoms with Gasteiger partial charge >= 0.3 is 0 Å².